The van der Waals surface area contributed by atoms with Gasteiger partial charge < -0.3 is 5.32 Å². The number of nitrogens with one attached hydrogen (secondary N) is 1. The van der Waals surface area contributed by atoms with Gasteiger partial charge in [-0.1, -0.05) is 30.4 Å². The second-order valence-corrected chi connectivity index (χ2v) is 2.67. The van der Waals surface area contributed by atoms with Crippen molar-refractivity contribution in [3.63, 3.8) is 0 Å². The Hall–Kier alpha value is -1.50. The molecule has 1 heterocycles. The summed E-state index contributed by atoms with van der Waals surface area (Å²) in [4.78, 5) is 0. The fourth-order valence-corrected chi connectivity index (χ4v) is 1.23. The van der Waals surface area contributed by atoms with Crippen LogP contribution in [0.4, 0.5) is 5.69 Å². The summed E-state index contributed by atoms with van der Waals surface area (Å²) in [6, 6.07) is 8.11. The van der Waals surface area contributed by atoms with Gasteiger partial charge in [-0.25, -0.2) is 0 Å². The molecule has 2 rings (SSSR count). The molecule has 1 heteroatoms. The van der Waals surface area contributed by atoms with Gasteiger partial charge in [0.15, 0.2) is 0 Å². The number of hydrogen-bond acceptors (Lipinski definition) is 1. The van der Waals surface area contributed by atoms with Gasteiger partial charge in [0.05, 0.1) is 0 Å². The van der Waals surface area contributed by atoms with Crippen molar-refractivity contribution in [3.8, 4) is 0 Å². The van der Waals surface area contributed by atoms with Crippen molar-refractivity contribution in [2.24, 2.45) is 0 Å². The molecule has 1 aliphatic rings. The maximum absolute atomic E-state index is 5.38. The van der Waals surface area contributed by atoms with Gasteiger partial charge in [0.25, 0.3) is 0 Å². The van der Waals surface area contributed by atoms with Crippen molar-refractivity contribution in [2.45, 2.75) is 0 Å². The van der Waals surface area contributed by atoms with Gasteiger partial charge in [-0.05, 0) is 24.6 Å². The van der Waals surface area contributed by atoms with Crippen LogP contribution in [0.3, 0.4) is 0 Å². The number of anilines is 1. The largest absolute Gasteiger partial charge is 0.355 e. The Balaban J connectivity index is 2.46. The van der Waals surface area contributed by atoms with Gasteiger partial charge in [-0.3, -0.25) is 0 Å². The van der Waals surface area contributed by atoms with Crippen molar-refractivity contribution in [2.75, 3.05) is 5.32 Å². The van der Waals surface area contributed by atoms with E-state index in [-0.39, 0.29) is 0 Å². The molecule has 1 aromatic carbocycles. The van der Waals surface area contributed by atoms with Crippen molar-refractivity contribution in [1.82, 2.24) is 0 Å². The fourth-order valence-electron chi connectivity index (χ4n) is 1.23. The maximum Gasteiger partial charge on any atom is 0.0457 e. The highest BCUT2D eigenvalue weighted by molar-refractivity contribution is 5.74. The van der Waals surface area contributed by atoms with E-state index in [1.54, 1.807) is 6.08 Å². The topological polar surface area (TPSA) is 12.0 Å². The van der Waals surface area contributed by atoms with E-state index in [1.165, 1.54) is 5.56 Å². The quantitative estimate of drug-likeness (QED) is 0.607. The lowest BCUT2D eigenvalue weighted by atomic mass is 10.1. The van der Waals surface area contributed by atoms with Gasteiger partial charge in [0.1, 0.15) is 0 Å². The van der Waals surface area contributed by atoms with Gasteiger partial charge in [-0.15, -0.1) is 0 Å². The van der Waals surface area contributed by atoms with Gasteiger partial charge >= 0.3 is 0 Å². The molecule has 0 aromatic heterocycles. The van der Waals surface area contributed by atoms with E-state index in [1.807, 2.05) is 30.4 Å². The summed E-state index contributed by atoms with van der Waals surface area (Å²) in [5, 5.41) is 3.20. The zero-order valence-electron chi connectivity index (χ0n) is 6.62. The second-order valence-electron chi connectivity index (χ2n) is 2.67. The third kappa shape index (κ3) is 1.14. The first-order chi connectivity index (χ1) is 5.90. The average Bonchev–Trinajstić information content (AvgIpc) is 2.17. The van der Waals surface area contributed by atoms with Gasteiger partial charge in [0.2, 0.25) is 0 Å². The van der Waals surface area contributed by atoms with Crippen LogP contribution in [0.5, 0.6) is 0 Å². The number of allylic oxidation sites excluding steroid dienone is 2. The molecule has 1 aromatic rings. The summed E-state index contributed by atoms with van der Waals surface area (Å²) < 4.78 is 0. The number of rotatable bonds is 0. The number of benzene rings is 1. The van der Waals surface area contributed by atoms with Crippen LogP contribution in [0, 0.1) is 6.92 Å². The molecular formula is C11H9N. The zero-order chi connectivity index (χ0) is 8.39. The van der Waals surface area contributed by atoms with E-state index >= 15 is 0 Å². The minimum atomic E-state index is 0.939. The number of fused-ring (bicyclic) bond motifs is 1. The van der Waals surface area contributed by atoms with E-state index < -0.39 is 0 Å². The molecule has 0 fully saturated rings. The maximum atomic E-state index is 5.38. The summed E-state index contributed by atoms with van der Waals surface area (Å²) in [6.45, 7) is 5.38. The molecule has 0 amide bonds. The van der Waals surface area contributed by atoms with Gasteiger partial charge in [-0.2, -0.15) is 0 Å². The highest BCUT2D eigenvalue weighted by atomic mass is 14.9. The van der Waals surface area contributed by atoms with E-state index in [2.05, 4.69) is 11.4 Å². The van der Waals surface area contributed by atoms with Crippen molar-refractivity contribution in [3.05, 3.63) is 54.6 Å². The summed E-state index contributed by atoms with van der Waals surface area (Å²) >= 11 is 0. The molecule has 1 aliphatic heterocycles. The predicted octanol–water partition coefficient (Wildman–Crippen LogP) is 2.72. The van der Waals surface area contributed by atoms with E-state index in [9.17, 15) is 0 Å². The molecule has 58 valence electrons. The van der Waals surface area contributed by atoms with Crippen LogP contribution in [-0.2, 0) is 0 Å². The van der Waals surface area contributed by atoms with Crippen LogP contribution in [-0.4, -0.2) is 0 Å². The highest BCUT2D eigenvalue weighted by Crippen LogP contribution is 2.23. The summed E-state index contributed by atoms with van der Waals surface area (Å²) in [6.07, 6.45) is 5.57. The van der Waals surface area contributed by atoms with Crippen molar-refractivity contribution < 1.29 is 0 Å². The lowest BCUT2D eigenvalue weighted by Crippen LogP contribution is -2.01. The third-order valence-electron chi connectivity index (χ3n) is 1.86. The van der Waals surface area contributed by atoms with Crippen LogP contribution in [0.2, 0.25) is 0 Å². The number of para-hydroxylation sites is 1. The average molecular weight is 155 g/mol. The fraction of sp³-hybridized carbons (Fsp3) is 0. The predicted molar refractivity (Wildman–Crippen MR) is 51.5 cm³/mol. The van der Waals surface area contributed by atoms with Crippen LogP contribution in [0.1, 0.15) is 5.56 Å². The summed E-state index contributed by atoms with van der Waals surface area (Å²) in [5.74, 6) is 0. The second kappa shape index (κ2) is 2.86. The Labute approximate surface area is 72.4 Å². The molecule has 0 unspecified atom stereocenters. The van der Waals surface area contributed by atoms with Crippen molar-refractivity contribution in [1.29, 1.82) is 0 Å². The first kappa shape index (κ1) is 7.17. The minimum absolute atomic E-state index is 0.939. The molecule has 2 radical (unpaired) electrons. The molecule has 12 heavy (non-hydrogen) atoms. The molecule has 0 atom stereocenters. The van der Waals surface area contributed by atoms with E-state index in [4.69, 9.17) is 6.92 Å². The monoisotopic (exact) mass is 155 g/mol. The first-order valence-electron chi connectivity index (χ1n) is 3.86. The number of hydrogen-bond donors (Lipinski definition) is 1. The van der Waals surface area contributed by atoms with Crippen LogP contribution in [0.15, 0.2) is 42.1 Å². The Bertz CT molecular complexity index is 348. The first-order valence-corrected chi connectivity index (χ1v) is 3.86. The Morgan fingerprint density at radius 1 is 1.17 bits per heavy atom. The molecule has 1 N–H and O–H groups in total. The van der Waals surface area contributed by atoms with Gasteiger partial charge in [0, 0.05) is 11.4 Å². The highest BCUT2D eigenvalue weighted by Gasteiger charge is 2.03. The van der Waals surface area contributed by atoms with E-state index in [0.29, 0.717) is 0 Å². The molecule has 0 spiro atoms. The lowest BCUT2D eigenvalue weighted by molar-refractivity contribution is 1.44. The van der Waals surface area contributed by atoms with Crippen LogP contribution >= 0.6 is 0 Å². The summed E-state index contributed by atoms with van der Waals surface area (Å²) in [5.41, 5.74) is 3.24. The molecule has 0 bridgehead atoms. The van der Waals surface area contributed by atoms with E-state index in [0.717, 1.165) is 11.4 Å². The molecule has 1 nitrogen and oxygen atoms in total. The lowest BCUT2D eigenvalue weighted by Gasteiger charge is -2.14. The Morgan fingerprint density at radius 3 is 2.83 bits per heavy atom. The molecular weight excluding hydrogens is 146 g/mol. The third-order valence-corrected chi connectivity index (χ3v) is 1.86. The van der Waals surface area contributed by atoms with Crippen LogP contribution < -0.4 is 5.32 Å². The standard InChI is InChI=1S/C11H9N/c1-2-10-8-7-9-5-3-4-6-11(9)12-10/h1-8,12H. The normalized spacial score (nSPS) is 17.2. The van der Waals surface area contributed by atoms with Crippen LogP contribution in [0.25, 0.3) is 6.08 Å². The Morgan fingerprint density at radius 2 is 2.00 bits per heavy atom. The molecule has 0 saturated heterocycles. The minimum Gasteiger partial charge on any atom is -0.355 e. The molecule has 0 saturated carbocycles. The molecule has 0 aliphatic carbocycles. The smallest absolute Gasteiger partial charge is 0.0457 e. The van der Waals surface area contributed by atoms with Crippen molar-refractivity contribution >= 4 is 11.8 Å². The Kier molecular flexibility index (Phi) is 1.71. The SMILES string of the molecule is [CH]C=C1C=Cc2ccccc2N1. The summed E-state index contributed by atoms with van der Waals surface area (Å²) in [7, 11) is 0. The zero-order valence-corrected chi connectivity index (χ0v) is 6.62.